The molecule has 106 valence electrons. The molecule has 0 aliphatic carbocycles. The third-order valence-electron chi connectivity index (χ3n) is 2.41. The van der Waals surface area contributed by atoms with Crippen LogP contribution >= 0.6 is 0 Å². The number of aliphatic hydroxyl groups is 1. The van der Waals surface area contributed by atoms with Crippen LogP contribution in [0.15, 0.2) is 18.2 Å². The Labute approximate surface area is 105 Å². The molecule has 0 heterocycles. The first-order valence-corrected chi connectivity index (χ1v) is 5.16. The largest absolute Gasteiger partial charge is 0.465 e. The van der Waals surface area contributed by atoms with Gasteiger partial charge in [0.2, 0.25) is 0 Å². The highest BCUT2D eigenvalue weighted by Crippen LogP contribution is 2.32. The molecule has 0 aromatic heterocycles. The van der Waals surface area contributed by atoms with Crippen LogP contribution in [0.4, 0.5) is 22.4 Å². The second-order valence-corrected chi connectivity index (χ2v) is 3.95. The van der Waals surface area contributed by atoms with Gasteiger partial charge in [0, 0.05) is 0 Å². The van der Waals surface area contributed by atoms with E-state index in [1.54, 1.807) is 0 Å². The summed E-state index contributed by atoms with van der Waals surface area (Å²) < 4.78 is 50.5. The van der Waals surface area contributed by atoms with Crippen molar-refractivity contribution in [3.8, 4) is 0 Å². The summed E-state index contributed by atoms with van der Waals surface area (Å²) in [6.07, 6.45) is -7.79. The molecule has 1 aromatic rings. The van der Waals surface area contributed by atoms with Gasteiger partial charge in [-0.3, -0.25) is 0 Å². The first-order chi connectivity index (χ1) is 8.61. The number of rotatable bonds is 3. The van der Waals surface area contributed by atoms with Gasteiger partial charge in [0.1, 0.15) is 5.82 Å². The monoisotopic (exact) mass is 281 g/mol. The number of carbonyl (C=O) groups is 1. The highest BCUT2D eigenvalue weighted by molar-refractivity contribution is 5.64. The lowest BCUT2D eigenvalue weighted by atomic mass is 10.0. The molecule has 0 radical (unpaired) electrons. The second kappa shape index (κ2) is 5.43. The number of hydrogen-bond acceptors (Lipinski definition) is 2. The summed E-state index contributed by atoms with van der Waals surface area (Å²) in [5.74, 6) is -1.16. The van der Waals surface area contributed by atoms with Gasteiger partial charge in [0.15, 0.2) is 0 Å². The van der Waals surface area contributed by atoms with Crippen molar-refractivity contribution in [2.75, 3.05) is 0 Å². The minimum absolute atomic E-state index is 0.297. The summed E-state index contributed by atoms with van der Waals surface area (Å²) in [7, 11) is 0. The Morgan fingerprint density at radius 2 is 1.89 bits per heavy atom. The van der Waals surface area contributed by atoms with E-state index in [2.05, 4.69) is 0 Å². The van der Waals surface area contributed by atoms with E-state index < -0.39 is 35.8 Å². The molecule has 0 spiro atoms. The van der Waals surface area contributed by atoms with E-state index in [0.29, 0.717) is 12.1 Å². The number of nitrogens with one attached hydrogen (secondary N) is 1. The van der Waals surface area contributed by atoms with E-state index >= 15 is 0 Å². The standard InChI is InChI=1S/C11H11F4NO3/c1-5(16-10(18)19)9(17)6-2-7(11(13,14)15)4-8(12)3-6/h2-5,9,16-17H,1H3,(H,18,19)/t5-,9-/m0/s1. The van der Waals surface area contributed by atoms with E-state index in [0.717, 1.165) is 6.07 Å². The fourth-order valence-corrected chi connectivity index (χ4v) is 1.51. The van der Waals surface area contributed by atoms with Crippen LogP contribution in [0.2, 0.25) is 0 Å². The number of benzene rings is 1. The number of carboxylic acid groups (broad SMARTS) is 1. The summed E-state index contributed by atoms with van der Waals surface area (Å²) in [5, 5.41) is 20.0. The summed E-state index contributed by atoms with van der Waals surface area (Å²) >= 11 is 0. The fourth-order valence-electron chi connectivity index (χ4n) is 1.51. The van der Waals surface area contributed by atoms with Gasteiger partial charge >= 0.3 is 12.3 Å². The molecule has 0 fully saturated rings. The van der Waals surface area contributed by atoms with Gasteiger partial charge in [0.25, 0.3) is 0 Å². The van der Waals surface area contributed by atoms with Crippen molar-refractivity contribution in [1.82, 2.24) is 5.32 Å². The number of aliphatic hydroxyl groups excluding tert-OH is 1. The third-order valence-corrected chi connectivity index (χ3v) is 2.41. The molecule has 1 amide bonds. The Morgan fingerprint density at radius 1 is 1.32 bits per heavy atom. The molecule has 0 saturated heterocycles. The molecule has 3 N–H and O–H groups in total. The van der Waals surface area contributed by atoms with Crippen LogP contribution in [-0.4, -0.2) is 22.3 Å². The molecule has 1 aromatic carbocycles. The second-order valence-electron chi connectivity index (χ2n) is 3.95. The van der Waals surface area contributed by atoms with Gasteiger partial charge in [-0.25, -0.2) is 9.18 Å². The van der Waals surface area contributed by atoms with Crippen molar-refractivity contribution in [2.45, 2.75) is 25.2 Å². The molecule has 0 saturated carbocycles. The normalized spacial score (nSPS) is 14.8. The molecule has 0 aliphatic heterocycles. The topological polar surface area (TPSA) is 69.6 Å². The predicted molar refractivity (Wildman–Crippen MR) is 57.0 cm³/mol. The van der Waals surface area contributed by atoms with E-state index in [-0.39, 0.29) is 5.56 Å². The van der Waals surface area contributed by atoms with Crippen molar-refractivity contribution in [2.24, 2.45) is 0 Å². The molecular formula is C11H11F4NO3. The van der Waals surface area contributed by atoms with Crippen LogP contribution in [0.25, 0.3) is 0 Å². The highest BCUT2D eigenvalue weighted by Gasteiger charge is 2.32. The maximum absolute atomic E-state index is 13.1. The molecule has 0 unspecified atom stereocenters. The Morgan fingerprint density at radius 3 is 2.37 bits per heavy atom. The van der Waals surface area contributed by atoms with Gasteiger partial charge in [-0.05, 0) is 30.7 Å². The minimum atomic E-state index is -4.75. The summed E-state index contributed by atoms with van der Waals surface area (Å²) in [6.45, 7) is 1.25. The molecule has 1 rings (SSSR count). The van der Waals surface area contributed by atoms with Crippen LogP contribution < -0.4 is 5.32 Å². The van der Waals surface area contributed by atoms with Gasteiger partial charge in [0.05, 0.1) is 17.7 Å². The maximum Gasteiger partial charge on any atom is 0.416 e. The zero-order valence-corrected chi connectivity index (χ0v) is 9.70. The predicted octanol–water partition coefficient (Wildman–Crippen LogP) is 2.53. The van der Waals surface area contributed by atoms with E-state index in [9.17, 15) is 27.5 Å². The average molecular weight is 281 g/mol. The zero-order valence-electron chi connectivity index (χ0n) is 9.70. The van der Waals surface area contributed by atoms with Gasteiger partial charge < -0.3 is 15.5 Å². The Hall–Kier alpha value is -1.83. The third kappa shape index (κ3) is 4.09. The summed E-state index contributed by atoms with van der Waals surface area (Å²) in [6, 6.07) is 0.513. The van der Waals surface area contributed by atoms with Gasteiger partial charge in [-0.2, -0.15) is 13.2 Å². The number of hydrogen-bond donors (Lipinski definition) is 3. The van der Waals surface area contributed by atoms with E-state index in [1.807, 2.05) is 5.32 Å². The van der Waals surface area contributed by atoms with Crippen LogP contribution in [0, 0.1) is 5.82 Å². The molecule has 2 atom stereocenters. The van der Waals surface area contributed by atoms with E-state index in [4.69, 9.17) is 5.11 Å². The molecule has 4 nitrogen and oxygen atoms in total. The molecule has 0 bridgehead atoms. The van der Waals surface area contributed by atoms with Crippen LogP contribution in [0.3, 0.4) is 0 Å². The lowest BCUT2D eigenvalue weighted by Crippen LogP contribution is -2.36. The van der Waals surface area contributed by atoms with Crippen molar-refractivity contribution in [3.05, 3.63) is 35.1 Å². The lowest BCUT2D eigenvalue weighted by molar-refractivity contribution is -0.137. The number of amides is 1. The quantitative estimate of drug-likeness (QED) is 0.746. The zero-order chi connectivity index (χ0) is 14.8. The first-order valence-electron chi connectivity index (χ1n) is 5.16. The highest BCUT2D eigenvalue weighted by atomic mass is 19.4. The van der Waals surface area contributed by atoms with Crippen LogP contribution in [-0.2, 0) is 6.18 Å². The van der Waals surface area contributed by atoms with Crippen molar-refractivity contribution in [1.29, 1.82) is 0 Å². The van der Waals surface area contributed by atoms with Crippen LogP contribution in [0.5, 0.6) is 0 Å². The maximum atomic E-state index is 13.1. The average Bonchev–Trinajstić information content (AvgIpc) is 2.25. The molecule has 8 heteroatoms. The Balaban J connectivity index is 3.06. The summed E-state index contributed by atoms with van der Waals surface area (Å²) in [4.78, 5) is 10.4. The van der Waals surface area contributed by atoms with Gasteiger partial charge in [-0.15, -0.1) is 0 Å². The fraction of sp³-hybridized carbons (Fsp3) is 0.364. The SMILES string of the molecule is C[C@H](NC(=O)O)[C@H](O)c1cc(F)cc(C(F)(F)F)c1. The van der Waals surface area contributed by atoms with Crippen molar-refractivity contribution >= 4 is 6.09 Å². The van der Waals surface area contributed by atoms with Crippen LogP contribution in [0.1, 0.15) is 24.2 Å². The molecule has 19 heavy (non-hydrogen) atoms. The summed E-state index contributed by atoms with van der Waals surface area (Å²) in [5.41, 5.74) is -1.60. The van der Waals surface area contributed by atoms with Crippen molar-refractivity contribution < 1.29 is 32.6 Å². The van der Waals surface area contributed by atoms with E-state index in [1.165, 1.54) is 6.92 Å². The smallest absolute Gasteiger partial charge is 0.416 e. The lowest BCUT2D eigenvalue weighted by Gasteiger charge is -2.20. The van der Waals surface area contributed by atoms with Gasteiger partial charge in [-0.1, -0.05) is 0 Å². The Bertz CT molecular complexity index is 475. The molecule has 0 aliphatic rings. The molecular weight excluding hydrogens is 270 g/mol. The number of halogens is 4. The first kappa shape index (κ1) is 15.2. The minimum Gasteiger partial charge on any atom is -0.465 e. The Kier molecular flexibility index (Phi) is 4.35. The number of alkyl halides is 3. The van der Waals surface area contributed by atoms with Crippen molar-refractivity contribution in [3.63, 3.8) is 0 Å².